The van der Waals surface area contributed by atoms with E-state index in [1.54, 1.807) is 6.92 Å². The normalized spacial score (nSPS) is 21.0. The van der Waals surface area contributed by atoms with Gasteiger partial charge in [-0.15, -0.1) is 0 Å². The molecule has 1 aliphatic heterocycles. The molecule has 16 heavy (non-hydrogen) atoms. The van der Waals surface area contributed by atoms with Crippen LogP contribution in [0.1, 0.15) is 39.0 Å². The first-order valence-electron chi connectivity index (χ1n) is 5.93. The van der Waals surface area contributed by atoms with Gasteiger partial charge < -0.3 is 4.74 Å². The van der Waals surface area contributed by atoms with Crippen LogP contribution in [0.5, 0.6) is 0 Å². The summed E-state index contributed by atoms with van der Waals surface area (Å²) in [4.78, 5) is 24.3. The van der Waals surface area contributed by atoms with E-state index in [1.807, 2.05) is 0 Å². The Hall–Kier alpha value is -0.900. The van der Waals surface area contributed by atoms with Crippen LogP contribution in [-0.4, -0.2) is 42.9 Å². The molecule has 0 aromatic rings. The molecule has 1 rings (SSSR count). The molecule has 0 aromatic heterocycles. The third kappa shape index (κ3) is 4.31. The molecule has 0 N–H and O–H groups in total. The van der Waals surface area contributed by atoms with Gasteiger partial charge in [0.15, 0.2) is 0 Å². The Labute approximate surface area is 96.9 Å². The fourth-order valence-electron chi connectivity index (χ4n) is 2.28. The molecule has 4 heteroatoms. The molecule has 4 nitrogen and oxygen atoms in total. The van der Waals surface area contributed by atoms with Crippen molar-refractivity contribution in [3.05, 3.63) is 0 Å². The lowest BCUT2D eigenvalue weighted by atomic mass is 10.1. The minimum absolute atomic E-state index is 0.151. The smallest absolute Gasteiger partial charge is 0.305 e. The number of carbonyl (C=O) groups is 2. The highest BCUT2D eigenvalue weighted by Crippen LogP contribution is 2.20. The second kappa shape index (κ2) is 6.63. The number of carbonyl (C=O) groups excluding carboxylic acids is 2. The Kier molecular flexibility index (Phi) is 5.46. The topological polar surface area (TPSA) is 46.6 Å². The molecule has 1 fully saturated rings. The molecule has 0 saturated carbocycles. The van der Waals surface area contributed by atoms with Gasteiger partial charge in [-0.05, 0) is 39.3 Å². The minimum atomic E-state index is -0.151. The van der Waals surface area contributed by atoms with Crippen molar-refractivity contribution in [2.45, 2.75) is 45.1 Å². The standard InChI is InChI=1S/C12H21NO3/c1-10(14)9-11-5-3-7-13(11)8-4-6-12(15)16-2/h11H,3-9H2,1-2H3. The Morgan fingerprint density at radius 2 is 2.19 bits per heavy atom. The quantitative estimate of drug-likeness (QED) is 0.643. The van der Waals surface area contributed by atoms with Gasteiger partial charge >= 0.3 is 5.97 Å². The molecule has 1 aliphatic rings. The Morgan fingerprint density at radius 3 is 2.81 bits per heavy atom. The van der Waals surface area contributed by atoms with Gasteiger partial charge in [0, 0.05) is 18.9 Å². The van der Waals surface area contributed by atoms with Crippen LogP contribution in [0.4, 0.5) is 0 Å². The van der Waals surface area contributed by atoms with Crippen molar-refractivity contribution in [1.82, 2.24) is 4.90 Å². The molecule has 0 radical (unpaired) electrons. The third-order valence-corrected chi connectivity index (χ3v) is 3.08. The molecule has 1 atom stereocenters. The fourth-order valence-corrected chi connectivity index (χ4v) is 2.28. The molecule has 1 unspecified atom stereocenters. The first-order chi connectivity index (χ1) is 7.63. The zero-order valence-electron chi connectivity index (χ0n) is 10.2. The number of Topliss-reactive ketones (excluding diaryl/α,β-unsaturated/α-hetero) is 1. The summed E-state index contributed by atoms with van der Waals surface area (Å²) in [5, 5.41) is 0. The third-order valence-electron chi connectivity index (χ3n) is 3.08. The van der Waals surface area contributed by atoms with Crippen LogP contribution in [0, 0.1) is 0 Å². The molecular weight excluding hydrogens is 206 g/mol. The minimum Gasteiger partial charge on any atom is -0.469 e. The number of ketones is 1. The number of esters is 1. The van der Waals surface area contributed by atoms with Crippen molar-refractivity contribution in [3.63, 3.8) is 0 Å². The summed E-state index contributed by atoms with van der Waals surface area (Å²) in [6.07, 6.45) is 4.22. The van der Waals surface area contributed by atoms with Crippen LogP contribution in [-0.2, 0) is 14.3 Å². The Balaban J connectivity index is 2.24. The predicted molar refractivity (Wildman–Crippen MR) is 61.1 cm³/mol. The van der Waals surface area contributed by atoms with E-state index in [0.29, 0.717) is 18.9 Å². The summed E-state index contributed by atoms with van der Waals surface area (Å²) in [5.74, 6) is 0.104. The number of likely N-dealkylation sites (tertiary alicyclic amines) is 1. The Bertz CT molecular complexity index is 253. The van der Waals surface area contributed by atoms with Gasteiger partial charge in [-0.3, -0.25) is 14.5 Å². The lowest BCUT2D eigenvalue weighted by Crippen LogP contribution is -2.32. The van der Waals surface area contributed by atoms with Gasteiger partial charge in [-0.1, -0.05) is 0 Å². The number of hydrogen-bond donors (Lipinski definition) is 0. The molecule has 0 amide bonds. The molecule has 92 valence electrons. The van der Waals surface area contributed by atoms with Gasteiger partial charge in [-0.2, -0.15) is 0 Å². The van der Waals surface area contributed by atoms with Crippen molar-refractivity contribution >= 4 is 11.8 Å². The van der Waals surface area contributed by atoms with Crippen LogP contribution in [0.3, 0.4) is 0 Å². The van der Waals surface area contributed by atoms with E-state index in [0.717, 1.165) is 32.4 Å². The van der Waals surface area contributed by atoms with Crippen molar-refractivity contribution in [1.29, 1.82) is 0 Å². The first kappa shape index (κ1) is 13.2. The SMILES string of the molecule is COC(=O)CCCN1CCCC1CC(C)=O. The summed E-state index contributed by atoms with van der Waals surface area (Å²) in [7, 11) is 1.41. The van der Waals surface area contributed by atoms with E-state index in [9.17, 15) is 9.59 Å². The van der Waals surface area contributed by atoms with Crippen molar-refractivity contribution in [3.8, 4) is 0 Å². The average molecular weight is 227 g/mol. The second-order valence-electron chi connectivity index (χ2n) is 4.42. The van der Waals surface area contributed by atoms with Gasteiger partial charge in [0.1, 0.15) is 5.78 Å². The van der Waals surface area contributed by atoms with Gasteiger partial charge in [0.2, 0.25) is 0 Å². The highest BCUT2D eigenvalue weighted by atomic mass is 16.5. The van der Waals surface area contributed by atoms with Crippen LogP contribution in [0.15, 0.2) is 0 Å². The maximum Gasteiger partial charge on any atom is 0.305 e. The highest BCUT2D eigenvalue weighted by molar-refractivity contribution is 5.76. The Morgan fingerprint density at radius 1 is 1.44 bits per heavy atom. The maximum absolute atomic E-state index is 11.1. The van der Waals surface area contributed by atoms with Crippen LogP contribution >= 0.6 is 0 Å². The largest absolute Gasteiger partial charge is 0.469 e. The van der Waals surface area contributed by atoms with Crippen LogP contribution < -0.4 is 0 Å². The predicted octanol–water partition coefficient (Wildman–Crippen LogP) is 1.38. The number of rotatable bonds is 6. The number of nitrogens with zero attached hydrogens (tertiary/aromatic N) is 1. The fraction of sp³-hybridized carbons (Fsp3) is 0.833. The summed E-state index contributed by atoms with van der Waals surface area (Å²) in [6.45, 7) is 3.59. The van der Waals surface area contributed by atoms with Crippen molar-refractivity contribution in [2.75, 3.05) is 20.2 Å². The maximum atomic E-state index is 11.1. The number of methoxy groups -OCH3 is 1. The zero-order chi connectivity index (χ0) is 12.0. The lowest BCUT2D eigenvalue weighted by molar-refractivity contribution is -0.140. The lowest BCUT2D eigenvalue weighted by Gasteiger charge is -2.23. The van der Waals surface area contributed by atoms with Crippen molar-refractivity contribution in [2.24, 2.45) is 0 Å². The average Bonchev–Trinajstić information content (AvgIpc) is 2.64. The van der Waals surface area contributed by atoms with E-state index in [4.69, 9.17) is 0 Å². The second-order valence-corrected chi connectivity index (χ2v) is 4.42. The summed E-state index contributed by atoms with van der Waals surface area (Å²) in [5.41, 5.74) is 0. The van der Waals surface area contributed by atoms with E-state index < -0.39 is 0 Å². The molecule has 0 aliphatic carbocycles. The van der Waals surface area contributed by atoms with E-state index in [2.05, 4.69) is 9.64 Å². The van der Waals surface area contributed by atoms with E-state index in [1.165, 1.54) is 7.11 Å². The van der Waals surface area contributed by atoms with Crippen LogP contribution in [0.25, 0.3) is 0 Å². The molecule has 0 aromatic carbocycles. The molecule has 1 saturated heterocycles. The number of ether oxygens (including phenoxy) is 1. The number of hydrogen-bond acceptors (Lipinski definition) is 4. The van der Waals surface area contributed by atoms with E-state index >= 15 is 0 Å². The molecular formula is C12H21NO3. The monoisotopic (exact) mass is 227 g/mol. The molecule has 0 bridgehead atoms. The highest BCUT2D eigenvalue weighted by Gasteiger charge is 2.24. The van der Waals surface area contributed by atoms with Gasteiger partial charge in [-0.25, -0.2) is 0 Å². The molecule has 0 spiro atoms. The van der Waals surface area contributed by atoms with E-state index in [-0.39, 0.29) is 11.8 Å². The summed E-state index contributed by atoms with van der Waals surface area (Å²) >= 11 is 0. The summed E-state index contributed by atoms with van der Waals surface area (Å²) < 4.78 is 4.59. The van der Waals surface area contributed by atoms with Crippen LogP contribution in [0.2, 0.25) is 0 Å². The van der Waals surface area contributed by atoms with Gasteiger partial charge in [0.25, 0.3) is 0 Å². The molecule has 1 heterocycles. The zero-order valence-corrected chi connectivity index (χ0v) is 10.2. The van der Waals surface area contributed by atoms with Gasteiger partial charge in [0.05, 0.1) is 7.11 Å². The first-order valence-corrected chi connectivity index (χ1v) is 5.93. The van der Waals surface area contributed by atoms with Crippen molar-refractivity contribution < 1.29 is 14.3 Å². The summed E-state index contributed by atoms with van der Waals surface area (Å²) in [6, 6.07) is 0.398.